The number of nitrogens with zero attached hydrogens (tertiary/aromatic N) is 6. The van der Waals surface area contributed by atoms with Crippen molar-refractivity contribution in [1.82, 2.24) is 29.3 Å². The van der Waals surface area contributed by atoms with Crippen LogP contribution in [0.1, 0.15) is 36.1 Å². The highest BCUT2D eigenvalue weighted by atomic mass is 19.1. The van der Waals surface area contributed by atoms with Gasteiger partial charge >= 0.3 is 0 Å². The number of halogens is 1. The topological polar surface area (TPSA) is 88.4 Å². The molecule has 1 aliphatic heterocycles. The number of hydrogen-bond donors (Lipinski definition) is 1. The van der Waals surface area contributed by atoms with Gasteiger partial charge < -0.3 is 24.4 Å². The Morgan fingerprint density at radius 1 is 1.18 bits per heavy atom. The summed E-state index contributed by atoms with van der Waals surface area (Å²) < 4.78 is 22.2. The molecule has 0 aliphatic carbocycles. The quantitative estimate of drug-likeness (QED) is 0.570. The van der Waals surface area contributed by atoms with Crippen LogP contribution in [0, 0.1) is 5.82 Å². The molecule has 180 valence electrons. The van der Waals surface area contributed by atoms with Crippen LogP contribution in [0.3, 0.4) is 0 Å². The molecule has 4 rings (SSSR count). The smallest absolute Gasteiger partial charge is 0.256 e. The summed E-state index contributed by atoms with van der Waals surface area (Å²) in [6.07, 6.45) is 3.40. The first kappa shape index (κ1) is 23.8. The van der Waals surface area contributed by atoms with Gasteiger partial charge in [-0.25, -0.2) is 19.3 Å². The molecule has 1 N–H and O–H groups in total. The number of ether oxygens (including phenoxy) is 1. The molecule has 34 heavy (non-hydrogen) atoms. The lowest BCUT2D eigenvalue weighted by molar-refractivity contribution is 0.0659. The van der Waals surface area contributed by atoms with E-state index in [4.69, 9.17) is 4.74 Å². The minimum Gasteiger partial charge on any atom is -0.377 e. The monoisotopic (exact) mass is 467 g/mol. The molecule has 9 nitrogen and oxygen atoms in total. The Bertz CT molecular complexity index is 1160. The van der Waals surface area contributed by atoms with Gasteiger partial charge in [0.1, 0.15) is 18.2 Å². The van der Waals surface area contributed by atoms with Gasteiger partial charge in [0, 0.05) is 51.2 Å². The first-order valence-corrected chi connectivity index (χ1v) is 11.3. The van der Waals surface area contributed by atoms with Gasteiger partial charge in [0.15, 0.2) is 0 Å². The summed E-state index contributed by atoms with van der Waals surface area (Å²) >= 11 is 0. The van der Waals surface area contributed by atoms with Gasteiger partial charge in [-0.3, -0.25) is 4.79 Å². The summed E-state index contributed by atoms with van der Waals surface area (Å²) in [4.78, 5) is 29.9. The fraction of sp³-hybridized carbons (Fsp3) is 0.417. The fourth-order valence-electron chi connectivity index (χ4n) is 4.04. The number of imidazole rings is 1. The zero-order valence-corrected chi connectivity index (χ0v) is 20.0. The fourth-order valence-corrected chi connectivity index (χ4v) is 4.04. The minimum atomic E-state index is -0.577. The maximum atomic E-state index is 14.8. The second kappa shape index (κ2) is 10.3. The standard InChI is InChI=1S/C24H30FN7O2/c1-16(2)32-21(14-27-22(32)15-34-4)20-7-8-26-24(29-20)28-17-5-6-18(19(25)13-17)23(33)31-11-9-30(3)10-12-31/h5-8,13-14,16H,9-12,15H2,1-4H3,(H,26,28,29). The van der Waals surface area contributed by atoms with Gasteiger partial charge in [0.2, 0.25) is 5.95 Å². The summed E-state index contributed by atoms with van der Waals surface area (Å²) in [5, 5.41) is 3.04. The number of aromatic nitrogens is 4. The molecule has 0 saturated carbocycles. The van der Waals surface area contributed by atoms with E-state index < -0.39 is 5.82 Å². The van der Waals surface area contributed by atoms with E-state index in [1.54, 1.807) is 36.5 Å². The van der Waals surface area contributed by atoms with Gasteiger partial charge in [0.25, 0.3) is 5.91 Å². The zero-order valence-electron chi connectivity index (χ0n) is 20.0. The number of likely N-dealkylation sites (N-methyl/N-ethyl adjacent to an activating group) is 1. The maximum Gasteiger partial charge on any atom is 0.256 e. The SMILES string of the molecule is COCc1ncc(-c2ccnc(Nc3ccc(C(=O)N4CCN(C)CC4)c(F)c3)n2)n1C(C)C. The molecule has 1 fully saturated rings. The van der Waals surface area contributed by atoms with Crippen LogP contribution in [0.4, 0.5) is 16.0 Å². The number of methoxy groups -OCH3 is 1. The van der Waals surface area contributed by atoms with Crippen molar-refractivity contribution in [2.75, 3.05) is 45.7 Å². The van der Waals surface area contributed by atoms with Gasteiger partial charge in [-0.1, -0.05) is 0 Å². The van der Waals surface area contributed by atoms with E-state index in [0.29, 0.717) is 37.0 Å². The van der Waals surface area contributed by atoms with Crippen molar-refractivity contribution in [3.8, 4) is 11.4 Å². The molecule has 0 unspecified atom stereocenters. The van der Waals surface area contributed by atoms with Crippen molar-refractivity contribution < 1.29 is 13.9 Å². The number of nitrogens with one attached hydrogen (secondary N) is 1. The van der Waals surface area contributed by atoms with Gasteiger partial charge in [0.05, 0.1) is 23.1 Å². The summed E-state index contributed by atoms with van der Waals surface area (Å²) in [7, 11) is 3.64. The molecule has 0 spiro atoms. The molecule has 0 atom stereocenters. The van der Waals surface area contributed by atoms with Crippen LogP contribution in [0.15, 0.2) is 36.7 Å². The minimum absolute atomic E-state index is 0.0660. The predicted octanol–water partition coefficient (Wildman–Crippen LogP) is 3.34. The average Bonchev–Trinajstić information content (AvgIpc) is 3.24. The molecule has 0 bridgehead atoms. The average molecular weight is 468 g/mol. The number of piperazine rings is 1. The van der Waals surface area contributed by atoms with Crippen LogP contribution >= 0.6 is 0 Å². The summed E-state index contributed by atoms with van der Waals surface area (Å²) in [6, 6.07) is 6.43. The molecule has 1 aromatic carbocycles. The third-order valence-corrected chi connectivity index (χ3v) is 5.83. The number of carbonyl (C=O) groups is 1. The molecule has 3 aromatic rings. The van der Waals surface area contributed by atoms with E-state index in [-0.39, 0.29) is 17.5 Å². The van der Waals surface area contributed by atoms with E-state index in [1.807, 2.05) is 7.05 Å². The van der Waals surface area contributed by atoms with Crippen LogP contribution in [-0.4, -0.2) is 75.6 Å². The molecule has 1 saturated heterocycles. The Kier molecular flexibility index (Phi) is 7.18. The van der Waals surface area contributed by atoms with Crippen LogP contribution in [-0.2, 0) is 11.3 Å². The van der Waals surface area contributed by atoms with E-state index >= 15 is 0 Å². The Morgan fingerprint density at radius 2 is 1.94 bits per heavy atom. The molecule has 1 aliphatic rings. The first-order valence-electron chi connectivity index (χ1n) is 11.3. The molecular formula is C24H30FN7O2. The van der Waals surface area contributed by atoms with Crippen molar-refractivity contribution in [2.24, 2.45) is 0 Å². The normalized spacial score (nSPS) is 14.6. The number of rotatable bonds is 7. The zero-order chi connectivity index (χ0) is 24.2. The third kappa shape index (κ3) is 5.07. The van der Waals surface area contributed by atoms with Crippen LogP contribution < -0.4 is 5.32 Å². The first-order chi connectivity index (χ1) is 16.4. The van der Waals surface area contributed by atoms with Gasteiger partial charge in [-0.05, 0) is 45.2 Å². The number of amides is 1. The van der Waals surface area contributed by atoms with Crippen LogP contribution in [0.25, 0.3) is 11.4 Å². The lowest BCUT2D eigenvalue weighted by Crippen LogP contribution is -2.47. The predicted molar refractivity (Wildman–Crippen MR) is 127 cm³/mol. The lowest BCUT2D eigenvalue weighted by atomic mass is 10.1. The highest BCUT2D eigenvalue weighted by molar-refractivity contribution is 5.95. The van der Waals surface area contributed by atoms with Gasteiger partial charge in [-0.2, -0.15) is 0 Å². The molecule has 10 heteroatoms. The van der Waals surface area contributed by atoms with Crippen molar-refractivity contribution >= 4 is 17.5 Å². The van der Waals surface area contributed by atoms with Gasteiger partial charge in [-0.15, -0.1) is 0 Å². The van der Waals surface area contributed by atoms with Crippen molar-refractivity contribution in [1.29, 1.82) is 0 Å². The number of anilines is 2. The molecule has 2 aromatic heterocycles. The molecule has 0 radical (unpaired) electrons. The Balaban J connectivity index is 1.53. The second-order valence-corrected chi connectivity index (χ2v) is 8.64. The Labute approximate surface area is 198 Å². The Hall–Kier alpha value is -3.37. The number of carbonyl (C=O) groups excluding carboxylic acids is 1. The van der Waals surface area contributed by atoms with E-state index in [0.717, 1.165) is 24.6 Å². The second-order valence-electron chi connectivity index (χ2n) is 8.64. The lowest BCUT2D eigenvalue weighted by Gasteiger charge is -2.32. The third-order valence-electron chi connectivity index (χ3n) is 5.83. The van der Waals surface area contributed by atoms with Crippen molar-refractivity contribution in [2.45, 2.75) is 26.5 Å². The Morgan fingerprint density at radius 3 is 2.62 bits per heavy atom. The summed E-state index contributed by atoms with van der Waals surface area (Å²) in [5.41, 5.74) is 2.05. The van der Waals surface area contributed by atoms with E-state index in [2.05, 4.69) is 43.6 Å². The van der Waals surface area contributed by atoms with Crippen molar-refractivity contribution in [3.63, 3.8) is 0 Å². The maximum absolute atomic E-state index is 14.8. The van der Waals surface area contributed by atoms with E-state index in [1.165, 1.54) is 12.1 Å². The van der Waals surface area contributed by atoms with Crippen LogP contribution in [0.2, 0.25) is 0 Å². The van der Waals surface area contributed by atoms with Crippen molar-refractivity contribution in [3.05, 3.63) is 53.9 Å². The number of hydrogen-bond acceptors (Lipinski definition) is 7. The highest BCUT2D eigenvalue weighted by Gasteiger charge is 2.23. The molecular weight excluding hydrogens is 437 g/mol. The highest BCUT2D eigenvalue weighted by Crippen LogP contribution is 2.25. The summed E-state index contributed by atoms with van der Waals surface area (Å²) in [6.45, 7) is 7.28. The largest absolute Gasteiger partial charge is 0.377 e. The van der Waals surface area contributed by atoms with Crippen LogP contribution in [0.5, 0.6) is 0 Å². The number of benzene rings is 1. The molecule has 3 heterocycles. The van der Waals surface area contributed by atoms with E-state index in [9.17, 15) is 9.18 Å². The molecule has 1 amide bonds. The summed E-state index contributed by atoms with van der Waals surface area (Å²) in [5.74, 6) is 0.263.